The van der Waals surface area contributed by atoms with E-state index in [-0.39, 0.29) is 16.8 Å². The van der Waals surface area contributed by atoms with Crippen LogP contribution in [0, 0.1) is 18.7 Å². The lowest BCUT2D eigenvalue weighted by Crippen LogP contribution is -2.26. The third kappa shape index (κ3) is 5.31. The summed E-state index contributed by atoms with van der Waals surface area (Å²) in [6, 6.07) is 7.02. The number of fused-ring (bicyclic) bond motifs is 1. The van der Waals surface area contributed by atoms with E-state index in [1.165, 1.54) is 0 Å². The predicted octanol–water partition coefficient (Wildman–Crippen LogP) is 5.24. The number of benzene rings is 2. The lowest BCUT2D eigenvalue weighted by Gasteiger charge is -2.16. The Morgan fingerprint density at radius 1 is 1.26 bits per heavy atom. The molecule has 35 heavy (non-hydrogen) atoms. The van der Waals surface area contributed by atoms with E-state index in [0.717, 1.165) is 31.4 Å². The van der Waals surface area contributed by atoms with Gasteiger partial charge in [0.15, 0.2) is 5.82 Å². The molecule has 0 atom stereocenters. The van der Waals surface area contributed by atoms with Gasteiger partial charge in [-0.1, -0.05) is 17.7 Å². The summed E-state index contributed by atoms with van der Waals surface area (Å²) < 4.78 is 19.6. The number of halogens is 2. The lowest BCUT2D eigenvalue weighted by atomic mass is 10.1. The van der Waals surface area contributed by atoms with Gasteiger partial charge in [-0.3, -0.25) is 9.63 Å². The van der Waals surface area contributed by atoms with Crippen molar-refractivity contribution in [3.8, 4) is 0 Å². The van der Waals surface area contributed by atoms with Crippen molar-refractivity contribution in [2.75, 3.05) is 11.9 Å². The molecule has 8 nitrogen and oxygen atoms in total. The molecule has 1 saturated carbocycles. The number of aromatic nitrogens is 4. The van der Waals surface area contributed by atoms with Crippen molar-refractivity contribution in [2.45, 2.75) is 39.3 Å². The summed E-state index contributed by atoms with van der Waals surface area (Å²) in [5.74, 6) is -0.696. The van der Waals surface area contributed by atoms with Crippen molar-refractivity contribution >= 4 is 39.9 Å². The molecule has 10 heteroatoms. The smallest absolute Gasteiger partial charge is 0.277 e. The fourth-order valence-electron chi connectivity index (χ4n) is 3.90. The molecular weight excluding hydrogens is 471 g/mol. The highest BCUT2D eigenvalue weighted by molar-refractivity contribution is 6.33. The number of aryl methyl sites for hydroxylation is 3. The van der Waals surface area contributed by atoms with E-state index in [2.05, 4.69) is 20.8 Å². The van der Waals surface area contributed by atoms with Crippen molar-refractivity contribution < 1.29 is 14.0 Å². The number of hydrogen-bond donors (Lipinski definition) is 2. The first-order valence-corrected chi connectivity index (χ1v) is 12.0. The van der Waals surface area contributed by atoms with Gasteiger partial charge in [-0.05, 0) is 55.9 Å². The highest BCUT2D eigenvalue weighted by Crippen LogP contribution is 2.34. The fourth-order valence-corrected chi connectivity index (χ4v) is 4.18. The molecule has 1 aliphatic carbocycles. The molecule has 1 amide bonds. The van der Waals surface area contributed by atoms with E-state index in [1.807, 2.05) is 28.3 Å². The summed E-state index contributed by atoms with van der Waals surface area (Å²) in [6.45, 7) is 3.72. The molecule has 4 aromatic rings. The predicted molar refractivity (Wildman–Crippen MR) is 132 cm³/mol. The van der Waals surface area contributed by atoms with Gasteiger partial charge in [0.2, 0.25) is 0 Å². The van der Waals surface area contributed by atoms with Crippen LogP contribution in [0.1, 0.15) is 35.2 Å². The van der Waals surface area contributed by atoms with Gasteiger partial charge in [-0.15, -0.1) is 0 Å². The van der Waals surface area contributed by atoms with Crippen molar-refractivity contribution in [1.82, 2.24) is 24.6 Å². The van der Waals surface area contributed by atoms with Gasteiger partial charge in [0.1, 0.15) is 5.52 Å². The molecule has 0 saturated heterocycles. The molecular formula is C25H26ClFN6O2. The van der Waals surface area contributed by atoms with E-state index in [9.17, 15) is 4.79 Å². The molecule has 2 heterocycles. The summed E-state index contributed by atoms with van der Waals surface area (Å²) >= 11 is 6.37. The van der Waals surface area contributed by atoms with Gasteiger partial charge >= 0.3 is 0 Å². The molecule has 0 aliphatic heterocycles. The SMILES string of the molecule is Cc1ccc(Nc2c(C(=O)NOCC3CC3)cc3c(ncn3CCCn3ccnc3)c2F)c(Cl)c1. The quantitative estimate of drug-likeness (QED) is 0.293. The van der Waals surface area contributed by atoms with Gasteiger partial charge in [0, 0.05) is 25.5 Å². The number of carbonyl (C=O) groups is 1. The normalized spacial score (nSPS) is 13.3. The molecule has 182 valence electrons. The molecule has 2 N–H and O–H groups in total. The maximum absolute atomic E-state index is 15.8. The van der Waals surface area contributed by atoms with Crippen LogP contribution in [0.3, 0.4) is 0 Å². The Balaban J connectivity index is 1.46. The number of amides is 1. The molecule has 2 aromatic carbocycles. The Morgan fingerprint density at radius 2 is 2.11 bits per heavy atom. The first kappa shape index (κ1) is 23.3. The summed E-state index contributed by atoms with van der Waals surface area (Å²) in [5, 5.41) is 3.43. The number of hydroxylamine groups is 1. The second kappa shape index (κ2) is 10.1. The van der Waals surface area contributed by atoms with Crippen LogP contribution in [0.5, 0.6) is 0 Å². The highest BCUT2D eigenvalue weighted by atomic mass is 35.5. The van der Waals surface area contributed by atoms with Crippen LogP contribution in [0.15, 0.2) is 49.3 Å². The average Bonchev–Trinajstić information content (AvgIpc) is 3.34. The third-order valence-electron chi connectivity index (χ3n) is 6.04. The number of carbonyl (C=O) groups excluding carboxylic acids is 1. The first-order valence-electron chi connectivity index (χ1n) is 11.6. The minimum atomic E-state index is -0.625. The zero-order valence-corrected chi connectivity index (χ0v) is 20.1. The summed E-state index contributed by atoms with van der Waals surface area (Å²) in [5.41, 5.74) is 4.74. The molecule has 5 rings (SSSR count). The molecule has 0 bridgehead atoms. The summed E-state index contributed by atoms with van der Waals surface area (Å²) in [6.07, 6.45) is 9.94. The number of anilines is 2. The van der Waals surface area contributed by atoms with Crippen LogP contribution in [0.2, 0.25) is 5.02 Å². The van der Waals surface area contributed by atoms with E-state index in [1.54, 1.807) is 37.1 Å². The Labute approximate surface area is 207 Å². The summed E-state index contributed by atoms with van der Waals surface area (Å²) in [7, 11) is 0. The topological polar surface area (TPSA) is 86.0 Å². The van der Waals surface area contributed by atoms with Crippen molar-refractivity contribution in [3.63, 3.8) is 0 Å². The average molecular weight is 497 g/mol. The van der Waals surface area contributed by atoms with Crippen LogP contribution in [0.25, 0.3) is 11.0 Å². The zero-order chi connectivity index (χ0) is 24.4. The minimum Gasteiger partial charge on any atom is -0.351 e. The molecule has 1 aliphatic rings. The Morgan fingerprint density at radius 3 is 2.86 bits per heavy atom. The standard InChI is InChI=1S/C25H26ClFN6O2/c1-16-3-6-20(19(26)11-16)30-23-18(25(34)31-35-13-17-4-5-17)12-21-24(22(23)27)29-15-33(21)9-2-8-32-10-7-28-14-32/h3,6-7,10-12,14-15,17,30H,2,4-5,8-9,13H2,1H3,(H,31,34). The first-order chi connectivity index (χ1) is 17.0. The lowest BCUT2D eigenvalue weighted by molar-refractivity contribution is 0.0271. The number of rotatable bonds is 10. The van der Waals surface area contributed by atoms with Crippen LogP contribution in [0.4, 0.5) is 15.8 Å². The fraction of sp³-hybridized carbons (Fsp3) is 0.320. The monoisotopic (exact) mass is 496 g/mol. The molecule has 0 unspecified atom stereocenters. The van der Waals surface area contributed by atoms with E-state index >= 15 is 4.39 Å². The van der Waals surface area contributed by atoms with Crippen LogP contribution in [-0.4, -0.2) is 31.6 Å². The number of nitrogens with zero attached hydrogens (tertiary/aromatic N) is 4. The van der Waals surface area contributed by atoms with Crippen molar-refractivity contribution in [1.29, 1.82) is 0 Å². The van der Waals surface area contributed by atoms with Crippen molar-refractivity contribution in [3.05, 3.63) is 71.3 Å². The van der Waals surface area contributed by atoms with Crippen LogP contribution >= 0.6 is 11.6 Å². The molecule has 0 spiro atoms. The van der Waals surface area contributed by atoms with Gasteiger partial charge in [-0.2, -0.15) is 0 Å². The third-order valence-corrected chi connectivity index (χ3v) is 6.35. The molecule has 0 radical (unpaired) electrons. The van der Waals surface area contributed by atoms with E-state index in [4.69, 9.17) is 16.4 Å². The largest absolute Gasteiger partial charge is 0.351 e. The number of nitrogens with one attached hydrogen (secondary N) is 2. The summed E-state index contributed by atoms with van der Waals surface area (Å²) in [4.78, 5) is 26.8. The van der Waals surface area contributed by atoms with Gasteiger partial charge in [0.05, 0.1) is 46.7 Å². The highest BCUT2D eigenvalue weighted by Gasteiger charge is 2.25. The van der Waals surface area contributed by atoms with Crippen molar-refractivity contribution in [2.24, 2.45) is 5.92 Å². The Bertz CT molecular complexity index is 1350. The zero-order valence-electron chi connectivity index (χ0n) is 19.3. The Kier molecular flexibility index (Phi) is 6.70. The Hall–Kier alpha value is -3.43. The number of imidazole rings is 2. The number of hydrogen-bond acceptors (Lipinski definition) is 5. The van der Waals surface area contributed by atoms with Crippen LogP contribution in [-0.2, 0) is 17.9 Å². The van der Waals surface area contributed by atoms with E-state index < -0.39 is 11.7 Å². The minimum absolute atomic E-state index is 0.000518. The van der Waals surface area contributed by atoms with Gasteiger partial charge in [0.25, 0.3) is 5.91 Å². The molecule has 2 aromatic heterocycles. The van der Waals surface area contributed by atoms with Crippen LogP contribution < -0.4 is 10.8 Å². The molecule has 1 fully saturated rings. The maximum Gasteiger partial charge on any atom is 0.277 e. The maximum atomic E-state index is 15.8. The van der Waals surface area contributed by atoms with Gasteiger partial charge in [-0.25, -0.2) is 19.8 Å². The van der Waals surface area contributed by atoms with E-state index in [0.29, 0.717) is 35.3 Å². The van der Waals surface area contributed by atoms with Gasteiger partial charge < -0.3 is 14.5 Å². The second-order valence-electron chi connectivity index (χ2n) is 8.87. The second-order valence-corrected chi connectivity index (χ2v) is 9.27.